The molecule has 4 rings (SSSR count). The van der Waals surface area contributed by atoms with Crippen molar-refractivity contribution in [1.29, 1.82) is 0 Å². The van der Waals surface area contributed by atoms with Crippen LogP contribution < -0.4 is 0 Å². The van der Waals surface area contributed by atoms with Gasteiger partial charge in [-0.1, -0.05) is 28.1 Å². The maximum Gasteiger partial charge on any atom is 0.339 e. The number of phenols is 1. The zero-order chi connectivity index (χ0) is 21.6. The van der Waals surface area contributed by atoms with Gasteiger partial charge in [0.1, 0.15) is 34.5 Å². The van der Waals surface area contributed by atoms with E-state index in [1.807, 2.05) is 0 Å². The molecule has 3 aromatic carbocycles. The number of hydrogen-bond donors (Lipinski definition) is 2. The minimum absolute atomic E-state index is 0.0311. The molecular formula is C21H12BrF3N2O3. The highest BCUT2D eigenvalue weighted by Gasteiger charge is 2.22. The van der Waals surface area contributed by atoms with Crippen molar-refractivity contribution in [2.45, 2.75) is 6.54 Å². The van der Waals surface area contributed by atoms with E-state index in [4.69, 9.17) is 5.11 Å². The van der Waals surface area contributed by atoms with Gasteiger partial charge in [0.2, 0.25) is 0 Å². The summed E-state index contributed by atoms with van der Waals surface area (Å²) in [6, 6.07) is 10.2. The highest BCUT2D eigenvalue weighted by atomic mass is 79.9. The van der Waals surface area contributed by atoms with E-state index in [-0.39, 0.29) is 34.3 Å². The Bertz CT molecular complexity index is 1320. The zero-order valence-corrected chi connectivity index (χ0v) is 16.6. The van der Waals surface area contributed by atoms with E-state index < -0.39 is 34.7 Å². The van der Waals surface area contributed by atoms with E-state index in [0.717, 1.165) is 6.07 Å². The van der Waals surface area contributed by atoms with Crippen LogP contribution in [0.1, 0.15) is 15.9 Å². The summed E-state index contributed by atoms with van der Waals surface area (Å²) in [7, 11) is 0. The number of aromatic carboxylic acids is 1. The fourth-order valence-corrected chi connectivity index (χ4v) is 3.55. The SMILES string of the molecule is O=C(O)c1cc(F)c(-c2nn(Cc3ccc(Br)cc3F)c3cccc(F)c23)cc1O. The van der Waals surface area contributed by atoms with Crippen LogP contribution in [0, 0.1) is 17.5 Å². The molecule has 9 heteroatoms. The lowest BCUT2D eigenvalue weighted by Crippen LogP contribution is -2.04. The van der Waals surface area contributed by atoms with Gasteiger partial charge in [0, 0.05) is 15.6 Å². The molecule has 2 N–H and O–H groups in total. The van der Waals surface area contributed by atoms with Crippen LogP contribution in [0.2, 0.25) is 0 Å². The summed E-state index contributed by atoms with van der Waals surface area (Å²) in [5.74, 6) is -4.37. The first-order valence-electron chi connectivity index (χ1n) is 8.61. The maximum absolute atomic E-state index is 14.7. The van der Waals surface area contributed by atoms with Crippen LogP contribution >= 0.6 is 15.9 Å². The number of benzene rings is 3. The van der Waals surface area contributed by atoms with Crippen molar-refractivity contribution in [3.05, 3.63) is 81.6 Å². The number of rotatable bonds is 4. The Morgan fingerprint density at radius 1 is 1.03 bits per heavy atom. The number of carboxylic acid groups (broad SMARTS) is 1. The van der Waals surface area contributed by atoms with Crippen LogP contribution in [0.4, 0.5) is 13.2 Å². The standard InChI is InChI=1S/C21H12BrF3N2O3/c22-11-5-4-10(15(24)6-11)9-27-17-3-1-2-14(23)19(17)20(26-27)12-8-18(28)13(21(29)30)7-16(12)25/h1-8,28H,9H2,(H,29,30). The molecule has 0 aliphatic carbocycles. The van der Waals surface area contributed by atoms with Crippen molar-refractivity contribution in [2.24, 2.45) is 0 Å². The van der Waals surface area contributed by atoms with Crippen LogP contribution in [0.15, 0.2) is 53.0 Å². The van der Waals surface area contributed by atoms with Crippen LogP contribution in [-0.2, 0) is 6.54 Å². The van der Waals surface area contributed by atoms with Crippen molar-refractivity contribution < 1.29 is 28.2 Å². The van der Waals surface area contributed by atoms with Gasteiger partial charge < -0.3 is 10.2 Å². The van der Waals surface area contributed by atoms with Crippen molar-refractivity contribution in [2.75, 3.05) is 0 Å². The summed E-state index contributed by atoms with van der Waals surface area (Å²) >= 11 is 3.18. The molecule has 0 fully saturated rings. The molecule has 0 unspecified atom stereocenters. The largest absolute Gasteiger partial charge is 0.507 e. The van der Waals surface area contributed by atoms with E-state index in [2.05, 4.69) is 21.0 Å². The van der Waals surface area contributed by atoms with Gasteiger partial charge in [-0.25, -0.2) is 18.0 Å². The normalized spacial score (nSPS) is 11.2. The van der Waals surface area contributed by atoms with Gasteiger partial charge >= 0.3 is 5.97 Å². The first kappa shape index (κ1) is 20.0. The van der Waals surface area contributed by atoms with Crippen molar-refractivity contribution in [3.8, 4) is 17.0 Å². The number of nitrogens with zero attached hydrogens (tertiary/aromatic N) is 2. The van der Waals surface area contributed by atoms with Gasteiger partial charge in [0.15, 0.2) is 0 Å². The third kappa shape index (κ3) is 3.41. The summed E-state index contributed by atoms with van der Waals surface area (Å²) in [5, 5.41) is 23.2. The Balaban J connectivity index is 1.92. The predicted octanol–water partition coefficient (Wildman–Crippen LogP) is 5.34. The smallest absolute Gasteiger partial charge is 0.339 e. The molecule has 0 saturated heterocycles. The van der Waals surface area contributed by atoms with Gasteiger partial charge in [0.25, 0.3) is 0 Å². The molecule has 0 saturated carbocycles. The number of aromatic nitrogens is 2. The van der Waals surface area contributed by atoms with Crippen molar-refractivity contribution in [1.82, 2.24) is 9.78 Å². The fourth-order valence-electron chi connectivity index (χ4n) is 3.22. The Morgan fingerprint density at radius 2 is 1.80 bits per heavy atom. The van der Waals surface area contributed by atoms with E-state index in [9.17, 15) is 23.1 Å². The second kappa shape index (κ2) is 7.49. The van der Waals surface area contributed by atoms with Crippen molar-refractivity contribution >= 4 is 32.8 Å². The Kier molecular flexibility index (Phi) is 4.98. The Labute approximate surface area is 176 Å². The van der Waals surface area contributed by atoms with E-state index >= 15 is 0 Å². The summed E-state index contributed by atoms with van der Waals surface area (Å²) in [5.41, 5.74) is -0.471. The van der Waals surface area contributed by atoms with E-state index in [1.165, 1.54) is 22.9 Å². The maximum atomic E-state index is 14.7. The van der Waals surface area contributed by atoms with Gasteiger partial charge in [-0.2, -0.15) is 5.10 Å². The number of carboxylic acids is 1. The zero-order valence-electron chi connectivity index (χ0n) is 15.0. The van der Waals surface area contributed by atoms with Gasteiger partial charge in [0.05, 0.1) is 17.4 Å². The first-order chi connectivity index (χ1) is 14.3. The predicted molar refractivity (Wildman–Crippen MR) is 107 cm³/mol. The summed E-state index contributed by atoms with van der Waals surface area (Å²) in [6.45, 7) is -0.0557. The lowest BCUT2D eigenvalue weighted by atomic mass is 10.0. The van der Waals surface area contributed by atoms with Crippen LogP contribution in [-0.4, -0.2) is 26.0 Å². The summed E-state index contributed by atoms with van der Waals surface area (Å²) in [6.07, 6.45) is 0. The molecular weight excluding hydrogens is 465 g/mol. The number of fused-ring (bicyclic) bond motifs is 1. The second-order valence-electron chi connectivity index (χ2n) is 6.53. The van der Waals surface area contributed by atoms with E-state index in [0.29, 0.717) is 10.5 Å². The number of carbonyl (C=O) groups is 1. The number of aromatic hydroxyl groups is 1. The molecule has 4 aromatic rings. The highest BCUT2D eigenvalue weighted by molar-refractivity contribution is 9.10. The topological polar surface area (TPSA) is 75.3 Å². The monoisotopic (exact) mass is 476 g/mol. The van der Waals surface area contributed by atoms with Crippen LogP contribution in [0.25, 0.3) is 22.2 Å². The third-order valence-electron chi connectivity index (χ3n) is 4.63. The quantitative estimate of drug-likeness (QED) is 0.417. The molecule has 0 bridgehead atoms. The molecule has 0 aliphatic rings. The lowest BCUT2D eigenvalue weighted by molar-refractivity contribution is 0.0693. The number of hydrogen-bond acceptors (Lipinski definition) is 3. The lowest BCUT2D eigenvalue weighted by Gasteiger charge is -2.06. The molecule has 30 heavy (non-hydrogen) atoms. The third-order valence-corrected chi connectivity index (χ3v) is 5.13. The van der Waals surface area contributed by atoms with E-state index in [1.54, 1.807) is 18.2 Å². The fraction of sp³-hybridized carbons (Fsp3) is 0.0476. The molecule has 0 spiro atoms. The van der Waals surface area contributed by atoms with Gasteiger partial charge in [-0.05, 0) is 36.4 Å². The summed E-state index contributed by atoms with van der Waals surface area (Å²) in [4.78, 5) is 11.1. The molecule has 1 heterocycles. The molecule has 0 aliphatic heterocycles. The molecule has 0 radical (unpaired) electrons. The van der Waals surface area contributed by atoms with Gasteiger partial charge in [-0.15, -0.1) is 0 Å². The highest BCUT2D eigenvalue weighted by Crippen LogP contribution is 2.35. The number of halogens is 4. The Hall–Kier alpha value is -3.33. The van der Waals surface area contributed by atoms with Crippen LogP contribution in [0.3, 0.4) is 0 Å². The average Bonchev–Trinajstić information content (AvgIpc) is 3.05. The molecule has 152 valence electrons. The first-order valence-corrected chi connectivity index (χ1v) is 9.40. The van der Waals surface area contributed by atoms with Crippen LogP contribution in [0.5, 0.6) is 5.75 Å². The summed E-state index contributed by atoms with van der Waals surface area (Å²) < 4.78 is 45.5. The molecule has 0 atom stereocenters. The molecule has 0 amide bonds. The minimum Gasteiger partial charge on any atom is -0.507 e. The molecule has 5 nitrogen and oxygen atoms in total. The Morgan fingerprint density at radius 3 is 2.50 bits per heavy atom. The van der Waals surface area contributed by atoms with Gasteiger partial charge in [-0.3, -0.25) is 4.68 Å². The second-order valence-corrected chi connectivity index (χ2v) is 7.45. The van der Waals surface area contributed by atoms with Crippen molar-refractivity contribution in [3.63, 3.8) is 0 Å². The average molecular weight is 477 g/mol. The minimum atomic E-state index is -1.51. The molecule has 1 aromatic heterocycles.